The highest BCUT2D eigenvalue weighted by Crippen LogP contribution is 2.25. The molecule has 1 fully saturated rings. The van der Waals surface area contributed by atoms with Crippen molar-refractivity contribution in [3.05, 3.63) is 24.3 Å². The summed E-state index contributed by atoms with van der Waals surface area (Å²) in [6.45, 7) is 7.92. The fourth-order valence-electron chi connectivity index (χ4n) is 3.01. The second-order valence-corrected chi connectivity index (χ2v) is 7.84. The lowest BCUT2D eigenvalue weighted by Gasteiger charge is -2.33. The van der Waals surface area contributed by atoms with E-state index in [9.17, 15) is 9.90 Å². The van der Waals surface area contributed by atoms with Crippen LogP contribution in [-0.4, -0.2) is 67.2 Å². The van der Waals surface area contributed by atoms with E-state index in [1.54, 1.807) is 7.11 Å². The molecular weight excluding hydrogens is 348 g/mol. The highest BCUT2D eigenvalue weighted by Gasteiger charge is 2.24. The Morgan fingerprint density at radius 3 is 2.48 bits per heavy atom. The Morgan fingerprint density at radius 2 is 1.89 bits per heavy atom. The maximum atomic E-state index is 11.8. The standard InChI is InChI=1S/C20H32N2O5/c1-20(2,3)27-19(24)21-15-9-11-22(12-10-15)13-16(23)14-26-18-8-6-5-7-17(18)25-4/h5-8,15-16,23H,9-14H2,1-4H3,(H,21,24)/t16-/m1/s1. The molecule has 1 heterocycles. The molecule has 1 aromatic carbocycles. The molecule has 2 rings (SSSR count). The molecule has 0 aliphatic carbocycles. The predicted molar refractivity (Wildman–Crippen MR) is 103 cm³/mol. The average molecular weight is 380 g/mol. The van der Waals surface area contributed by atoms with E-state index in [1.807, 2.05) is 45.0 Å². The molecule has 1 amide bonds. The van der Waals surface area contributed by atoms with Crippen LogP contribution in [0.2, 0.25) is 0 Å². The number of hydrogen-bond donors (Lipinski definition) is 2. The number of piperidine rings is 1. The lowest BCUT2D eigenvalue weighted by atomic mass is 10.0. The van der Waals surface area contributed by atoms with Gasteiger partial charge in [0.2, 0.25) is 0 Å². The smallest absolute Gasteiger partial charge is 0.407 e. The van der Waals surface area contributed by atoms with Gasteiger partial charge in [-0.1, -0.05) is 12.1 Å². The number of carbonyl (C=O) groups is 1. The topological polar surface area (TPSA) is 80.3 Å². The maximum absolute atomic E-state index is 11.8. The maximum Gasteiger partial charge on any atom is 0.407 e. The fourth-order valence-corrected chi connectivity index (χ4v) is 3.01. The van der Waals surface area contributed by atoms with E-state index in [2.05, 4.69) is 10.2 Å². The Bertz CT molecular complexity index is 594. The number of para-hydroxylation sites is 2. The van der Waals surface area contributed by atoms with Crippen LogP contribution in [-0.2, 0) is 4.74 Å². The number of rotatable bonds is 7. The van der Waals surface area contributed by atoms with Crippen LogP contribution in [0.4, 0.5) is 4.79 Å². The predicted octanol–water partition coefficient (Wildman–Crippen LogP) is 2.42. The molecule has 0 spiro atoms. The quantitative estimate of drug-likeness (QED) is 0.756. The minimum Gasteiger partial charge on any atom is -0.493 e. The normalized spacial score (nSPS) is 17.2. The summed E-state index contributed by atoms with van der Waals surface area (Å²) >= 11 is 0. The third kappa shape index (κ3) is 7.64. The first-order chi connectivity index (χ1) is 12.8. The largest absolute Gasteiger partial charge is 0.493 e. The molecule has 0 unspecified atom stereocenters. The SMILES string of the molecule is COc1ccccc1OC[C@H](O)CN1CCC(NC(=O)OC(C)(C)C)CC1. The van der Waals surface area contributed by atoms with E-state index in [4.69, 9.17) is 14.2 Å². The van der Waals surface area contributed by atoms with Crippen LogP contribution in [0.15, 0.2) is 24.3 Å². The van der Waals surface area contributed by atoms with Gasteiger partial charge in [0.05, 0.1) is 7.11 Å². The number of ether oxygens (including phenoxy) is 3. The monoisotopic (exact) mass is 380 g/mol. The molecule has 1 atom stereocenters. The van der Waals surface area contributed by atoms with Crippen molar-refractivity contribution in [1.29, 1.82) is 0 Å². The van der Waals surface area contributed by atoms with Crippen LogP contribution in [0.25, 0.3) is 0 Å². The first-order valence-corrected chi connectivity index (χ1v) is 9.42. The van der Waals surface area contributed by atoms with Gasteiger partial charge in [0.25, 0.3) is 0 Å². The summed E-state index contributed by atoms with van der Waals surface area (Å²) in [5.41, 5.74) is -0.490. The number of methoxy groups -OCH3 is 1. The van der Waals surface area contributed by atoms with Crippen molar-refractivity contribution in [3.8, 4) is 11.5 Å². The van der Waals surface area contributed by atoms with Crippen LogP contribution in [0.5, 0.6) is 11.5 Å². The van der Waals surface area contributed by atoms with Crippen LogP contribution in [0.3, 0.4) is 0 Å². The first kappa shape index (κ1) is 21.3. The number of carbonyl (C=O) groups excluding carboxylic acids is 1. The summed E-state index contributed by atoms with van der Waals surface area (Å²) in [5, 5.41) is 13.2. The number of nitrogens with zero attached hydrogens (tertiary/aromatic N) is 1. The van der Waals surface area contributed by atoms with Crippen molar-refractivity contribution in [2.24, 2.45) is 0 Å². The van der Waals surface area contributed by atoms with Gasteiger partial charge in [-0.3, -0.25) is 0 Å². The summed E-state index contributed by atoms with van der Waals surface area (Å²) in [5.74, 6) is 1.28. The van der Waals surface area contributed by atoms with Crippen molar-refractivity contribution in [2.75, 3.05) is 33.4 Å². The van der Waals surface area contributed by atoms with Gasteiger partial charge in [0.15, 0.2) is 11.5 Å². The van der Waals surface area contributed by atoms with Gasteiger partial charge < -0.3 is 29.5 Å². The average Bonchev–Trinajstić information content (AvgIpc) is 2.60. The lowest BCUT2D eigenvalue weighted by Crippen LogP contribution is -2.48. The van der Waals surface area contributed by atoms with Crippen LogP contribution in [0.1, 0.15) is 33.6 Å². The Balaban J connectivity index is 1.68. The number of benzene rings is 1. The summed E-state index contributed by atoms with van der Waals surface area (Å²) in [6.07, 6.45) is 0.704. The number of aliphatic hydroxyl groups excluding tert-OH is 1. The third-order valence-electron chi connectivity index (χ3n) is 4.28. The number of likely N-dealkylation sites (tertiary alicyclic amines) is 1. The zero-order valence-corrected chi connectivity index (χ0v) is 16.7. The van der Waals surface area contributed by atoms with Crippen LogP contribution >= 0.6 is 0 Å². The highest BCUT2D eigenvalue weighted by atomic mass is 16.6. The van der Waals surface area contributed by atoms with Crippen molar-refractivity contribution >= 4 is 6.09 Å². The molecule has 0 bridgehead atoms. The number of alkyl carbamates (subject to hydrolysis) is 1. The molecule has 7 heteroatoms. The molecule has 1 aliphatic heterocycles. The number of β-amino-alcohol motifs (C(OH)–C–C–N with tert-alkyl or cyclic N) is 1. The van der Waals surface area contributed by atoms with Crippen molar-refractivity contribution in [3.63, 3.8) is 0 Å². The number of aliphatic hydroxyl groups is 1. The molecule has 0 saturated carbocycles. The first-order valence-electron chi connectivity index (χ1n) is 9.42. The van der Waals surface area contributed by atoms with E-state index in [1.165, 1.54) is 0 Å². The highest BCUT2D eigenvalue weighted by molar-refractivity contribution is 5.68. The minimum absolute atomic E-state index is 0.109. The Morgan fingerprint density at radius 1 is 1.26 bits per heavy atom. The molecule has 0 radical (unpaired) electrons. The summed E-state index contributed by atoms with van der Waals surface area (Å²) in [7, 11) is 1.59. The lowest BCUT2D eigenvalue weighted by molar-refractivity contribution is 0.0419. The van der Waals surface area contributed by atoms with E-state index in [-0.39, 0.29) is 18.7 Å². The number of nitrogens with one attached hydrogen (secondary N) is 1. The third-order valence-corrected chi connectivity index (χ3v) is 4.28. The van der Waals surface area contributed by atoms with Gasteiger partial charge in [-0.25, -0.2) is 4.79 Å². The zero-order chi connectivity index (χ0) is 19.9. The molecule has 1 saturated heterocycles. The second-order valence-electron chi connectivity index (χ2n) is 7.84. The van der Waals surface area contributed by atoms with Crippen molar-refractivity contribution < 1.29 is 24.1 Å². The number of amides is 1. The molecule has 1 aliphatic rings. The van der Waals surface area contributed by atoms with Crippen LogP contribution < -0.4 is 14.8 Å². The number of hydrogen-bond acceptors (Lipinski definition) is 6. The Kier molecular flexibility index (Phi) is 7.74. The van der Waals surface area contributed by atoms with E-state index in [0.717, 1.165) is 25.9 Å². The molecule has 7 nitrogen and oxygen atoms in total. The summed E-state index contributed by atoms with van der Waals surface area (Å²) in [6, 6.07) is 7.49. The van der Waals surface area contributed by atoms with Gasteiger partial charge in [0, 0.05) is 25.7 Å². The van der Waals surface area contributed by atoms with Crippen molar-refractivity contribution in [2.45, 2.75) is 51.4 Å². The van der Waals surface area contributed by atoms with Gasteiger partial charge in [-0.2, -0.15) is 0 Å². The summed E-state index contributed by atoms with van der Waals surface area (Å²) < 4.78 is 16.2. The Labute approximate surface area is 161 Å². The molecule has 27 heavy (non-hydrogen) atoms. The molecule has 1 aromatic rings. The molecular formula is C20H32N2O5. The Hall–Kier alpha value is -1.99. The summed E-state index contributed by atoms with van der Waals surface area (Å²) in [4.78, 5) is 14.0. The zero-order valence-electron chi connectivity index (χ0n) is 16.7. The van der Waals surface area contributed by atoms with Crippen LogP contribution in [0, 0.1) is 0 Å². The second kappa shape index (κ2) is 9.80. The van der Waals surface area contributed by atoms with E-state index >= 15 is 0 Å². The van der Waals surface area contributed by atoms with Gasteiger partial charge in [-0.15, -0.1) is 0 Å². The van der Waals surface area contributed by atoms with Crippen molar-refractivity contribution in [1.82, 2.24) is 10.2 Å². The fraction of sp³-hybridized carbons (Fsp3) is 0.650. The van der Waals surface area contributed by atoms with E-state index < -0.39 is 11.7 Å². The molecule has 0 aromatic heterocycles. The van der Waals surface area contributed by atoms with E-state index in [0.29, 0.717) is 18.0 Å². The minimum atomic E-state index is -0.592. The molecule has 2 N–H and O–H groups in total. The van der Waals surface area contributed by atoms with Gasteiger partial charge in [-0.05, 0) is 45.7 Å². The van der Waals surface area contributed by atoms with Gasteiger partial charge >= 0.3 is 6.09 Å². The molecule has 152 valence electrons. The van der Waals surface area contributed by atoms with Gasteiger partial charge in [0.1, 0.15) is 18.3 Å².